The van der Waals surface area contributed by atoms with Crippen LogP contribution in [0, 0.1) is 0 Å². The highest BCUT2D eigenvalue weighted by molar-refractivity contribution is 5.70. The van der Waals surface area contributed by atoms with Crippen molar-refractivity contribution in [3.8, 4) is 0 Å². The number of imidazole rings is 2. The molecule has 14 heteroatoms. The number of ether oxygens (including phenoxy) is 1. The Morgan fingerprint density at radius 3 is 1.51 bits per heavy atom. The third-order valence-corrected chi connectivity index (χ3v) is 6.65. The van der Waals surface area contributed by atoms with Gasteiger partial charge in [0.25, 0.3) is 11.1 Å². The number of rotatable bonds is 4. The normalized spacial score (nSPS) is 19.2. The molecular formula is C21H27N9O5. The molecule has 1 fully saturated rings. The molecule has 1 saturated heterocycles. The molecule has 5 rings (SSSR count). The molecule has 5 heterocycles. The van der Waals surface area contributed by atoms with E-state index in [4.69, 9.17) is 4.74 Å². The quantitative estimate of drug-likeness (QED) is 0.312. The predicted octanol–water partition coefficient (Wildman–Crippen LogP) is -2.42. The first-order valence-corrected chi connectivity index (χ1v) is 11.1. The van der Waals surface area contributed by atoms with Crippen molar-refractivity contribution in [2.45, 2.75) is 25.3 Å². The van der Waals surface area contributed by atoms with E-state index in [1.165, 1.54) is 23.2 Å². The van der Waals surface area contributed by atoms with Crippen molar-refractivity contribution >= 4 is 22.3 Å². The summed E-state index contributed by atoms with van der Waals surface area (Å²) in [7, 11) is 8.03. The Bertz CT molecular complexity index is 1580. The Morgan fingerprint density at radius 2 is 1.11 bits per heavy atom. The molecule has 1 aliphatic heterocycles. The molecule has 0 bridgehead atoms. The molecule has 0 saturated carbocycles. The van der Waals surface area contributed by atoms with E-state index in [0.29, 0.717) is 48.5 Å². The molecule has 0 spiro atoms. The molecule has 35 heavy (non-hydrogen) atoms. The van der Waals surface area contributed by atoms with Gasteiger partial charge in [0, 0.05) is 41.3 Å². The van der Waals surface area contributed by atoms with Crippen LogP contribution in [-0.2, 0) is 46.0 Å². The summed E-state index contributed by atoms with van der Waals surface area (Å²) < 4.78 is 14.6. The van der Waals surface area contributed by atoms with Gasteiger partial charge in [0.15, 0.2) is 22.3 Å². The maximum Gasteiger partial charge on any atom is 0.332 e. The number of aryl methyl sites for hydroxylation is 2. The van der Waals surface area contributed by atoms with E-state index in [0.717, 1.165) is 9.13 Å². The van der Waals surface area contributed by atoms with Crippen LogP contribution in [0.4, 0.5) is 0 Å². The zero-order valence-electron chi connectivity index (χ0n) is 20.2. The van der Waals surface area contributed by atoms with Crippen LogP contribution in [-0.4, -0.2) is 74.6 Å². The Morgan fingerprint density at radius 1 is 0.714 bits per heavy atom. The molecule has 0 N–H and O–H groups in total. The molecule has 0 amide bonds. The van der Waals surface area contributed by atoms with Crippen LogP contribution < -0.4 is 22.5 Å². The number of nitrogens with zero attached hydrogens (tertiary/aromatic N) is 9. The van der Waals surface area contributed by atoms with Crippen LogP contribution in [0.3, 0.4) is 0 Å². The molecular weight excluding hydrogens is 458 g/mol. The minimum atomic E-state index is -0.433. The van der Waals surface area contributed by atoms with E-state index >= 15 is 0 Å². The number of hydrogen-bond donors (Lipinski definition) is 0. The summed E-state index contributed by atoms with van der Waals surface area (Å²) in [6.45, 7) is 1.99. The first kappa shape index (κ1) is 23.0. The molecule has 14 nitrogen and oxygen atoms in total. The molecule has 0 aliphatic carbocycles. The van der Waals surface area contributed by atoms with E-state index in [2.05, 4.69) is 14.9 Å². The van der Waals surface area contributed by atoms with Gasteiger partial charge in [-0.2, -0.15) is 0 Å². The van der Waals surface area contributed by atoms with Crippen LogP contribution in [0.15, 0.2) is 31.8 Å². The standard InChI is InChI=1S/C21H27N9O5/c1-24-6-12(8-29-10-22-16-14(29)18(31)27(4)20(33)25(16)2)35-13(7-24)9-30-11-23-17-15(30)19(32)28(5)21(34)26(17)3/h10-13H,6-9H2,1-5H3. The molecule has 1 aliphatic rings. The Hall–Kier alpha value is -3.78. The van der Waals surface area contributed by atoms with Crippen molar-refractivity contribution in [2.75, 3.05) is 20.1 Å². The second kappa shape index (κ2) is 8.16. The topological polar surface area (TPSA) is 136 Å². The lowest BCUT2D eigenvalue weighted by molar-refractivity contribution is -0.0894. The van der Waals surface area contributed by atoms with Crippen molar-refractivity contribution < 1.29 is 4.74 Å². The van der Waals surface area contributed by atoms with Gasteiger partial charge in [0.05, 0.1) is 38.0 Å². The predicted molar refractivity (Wildman–Crippen MR) is 127 cm³/mol. The van der Waals surface area contributed by atoms with Gasteiger partial charge in [-0.15, -0.1) is 0 Å². The fraction of sp³-hybridized carbons (Fsp3) is 0.524. The Balaban J connectivity index is 1.44. The van der Waals surface area contributed by atoms with Gasteiger partial charge in [0.1, 0.15) is 0 Å². The van der Waals surface area contributed by atoms with Crippen molar-refractivity contribution in [2.24, 2.45) is 28.2 Å². The lowest BCUT2D eigenvalue weighted by atomic mass is 10.2. The molecule has 2 unspecified atom stereocenters. The summed E-state index contributed by atoms with van der Waals surface area (Å²) in [6.07, 6.45) is 2.57. The number of fused-ring (bicyclic) bond motifs is 2. The largest absolute Gasteiger partial charge is 0.369 e. The molecule has 4 aromatic rings. The summed E-state index contributed by atoms with van der Waals surface area (Å²) in [5.74, 6) is 0. The van der Waals surface area contributed by atoms with Crippen LogP contribution in [0.5, 0.6) is 0 Å². The van der Waals surface area contributed by atoms with E-state index in [9.17, 15) is 19.2 Å². The monoisotopic (exact) mass is 485 g/mol. The van der Waals surface area contributed by atoms with E-state index in [-0.39, 0.29) is 12.2 Å². The van der Waals surface area contributed by atoms with Gasteiger partial charge in [-0.05, 0) is 7.05 Å². The van der Waals surface area contributed by atoms with Crippen molar-refractivity contribution in [3.05, 3.63) is 54.3 Å². The average Bonchev–Trinajstić information content (AvgIpc) is 3.43. The van der Waals surface area contributed by atoms with Crippen LogP contribution in [0.1, 0.15) is 0 Å². The molecule has 0 aromatic carbocycles. The van der Waals surface area contributed by atoms with Crippen molar-refractivity contribution in [1.29, 1.82) is 0 Å². The zero-order chi connectivity index (χ0) is 25.2. The lowest BCUT2D eigenvalue weighted by Crippen LogP contribution is -2.49. The number of morpholine rings is 1. The smallest absolute Gasteiger partial charge is 0.332 e. The third kappa shape index (κ3) is 3.56. The van der Waals surface area contributed by atoms with Crippen LogP contribution >= 0.6 is 0 Å². The Labute approximate surface area is 197 Å². The van der Waals surface area contributed by atoms with Crippen LogP contribution in [0.25, 0.3) is 22.3 Å². The summed E-state index contributed by atoms with van der Waals surface area (Å²) >= 11 is 0. The third-order valence-electron chi connectivity index (χ3n) is 6.65. The fourth-order valence-electron chi connectivity index (χ4n) is 4.84. The Kier molecular flexibility index (Phi) is 5.36. The number of likely N-dealkylation sites (N-methyl/N-ethyl adjacent to an activating group) is 1. The zero-order valence-corrected chi connectivity index (χ0v) is 20.2. The first-order valence-electron chi connectivity index (χ1n) is 11.1. The fourth-order valence-corrected chi connectivity index (χ4v) is 4.84. The maximum atomic E-state index is 12.8. The SMILES string of the molecule is CN1CC(Cn2cnc3c2c(=O)n(C)c(=O)n3C)OC(Cn2cnc3c2c(=O)n(C)c(=O)n3C)C1. The highest BCUT2D eigenvalue weighted by Crippen LogP contribution is 2.17. The summed E-state index contributed by atoms with van der Waals surface area (Å²) in [5.41, 5.74) is -0.355. The molecule has 0 radical (unpaired) electrons. The number of aromatic nitrogens is 8. The summed E-state index contributed by atoms with van der Waals surface area (Å²) in [5, 5.41) is 0. The van der Waals surface area contributed by atoms with Crippen molar-refractivity contribution in [1.82, 2.24) is 42.3 Å². The average molecular weight is 486 g/mol. The highest BCUT2D eigenvalue weighted by atomic mass is 16.5. The van der Waals surface area contributed by atoms with Gasteiger partial charge < -0.3 is 18.8 Å². The van der Waals surface area contributed by atoms with Crippen LogP contribution in [0.2, 0.25) is 0 Å². The molecule has 186 valence electrons. The summed E-state index contributed by atoms with van der Waals surface area (Å²) in [6, 6.07) is 0. The minimum Gasteiger partial charge on any atom is -0.369 e. The summed E-state index contributed by atoms with van der Waals surface area (Å²) in [4.78, 5) is 60.7. The molecule has 2 atom stereocenters. The van der Waals surface area contributed by atoms with Gasteiger partial charge in [-0.3, -0.25) is 27.9 Å². The van der Waals surface area contributed by atoms with Crippen molar-refractivity contribution in [3.63, 3.8) is 0 Å². The van der Waals surface area contributed by atoms with Gasteiger partial charge >= 0.3 is 11.4 Å². The molecule has 4 aromatic heterocycles. The van der Waals surface area contributed by atoms with Gasteiger partial charge in [-0.25, -0.2) is 19.6 Å². The van der Waals surface area contributed by atoms with E-state index in [1.807, 2.05) is 7.05 Å². The maximum absolute atomic E-state index is 12.8. The van der Waals surface area contributed by atoms with Gasteiger partial charge in [0.2, 0.25) is 0 Å². The second-order valence-corrected chi connectivity index (χ2v) is 9.15. The first-order chi connectivity index (χ1) is 16.6. The van der Waals surface area contributed by atoms with E-state index in [1.54, 1.807) is 35.9 Å². The number of hydrogen-bond acceptors (Lipinski definition) is 8. The second-order valence-electron chi connectivity index (χ2n) is 9.15. The highest BCUT2D eigenvalue weighted by Gasteiger charge is 2.28. The minimum absolute atomic E-state index is 0.264. The van der Waals surface area contributed by atoms with Gasteiger partial charge in [-0.1, -0.05) is 0 Å². The lowest BCUT2D eigenvalue weighted by Gasteiger charge is -2.36. The van der Waals surface area contributed by atoms with E-state index < -0.39 is 22.5 Å².